The third kappa shape index (κ3) is 3.52. The van der Waals surface area contributed by atoms with Crippen molar-refractivity contribution in [3.63, 3.8) is 0 Å². The molecule has 0 saturated carbocycles. The van der Waals surface area contributed by atoms with Crippen LogP contribution in [-0.4, -0.2) is 46.0 Å². The molecule has 31 heavy (non-hydrogen) atoms. The minimum Gasteiger partial charge on any atom is -0.497 e. The molecule has 0 spiro atoms. The SMILES string of the molecule is COc1ccc2[nH]cc(C3CCN(C(=O)c4ccc5nc(C(F)F)[nH]c5c4)CC3)c2c1. The van der Waals surface area contributed by atoms with Gasteiger partial charge in [-0.15, -0.1) is 0 Å². The van der Waals surface area contributed by atoms with E-state index in [0.29, 0.717) is 35.6 Å². The molecular formula is C23H22F2N4O2. The van der Waals surface area contributed by atoms with Crippen LogP contribution in [0.15, 0.2) is 42.6 Å². The number of methoxy groups -OCH3 is 1. The van der Waals surface area contributed by atoms with Crippen molar-refractivity contribution in [2.45, 2.75) is 25.2 Å². The molecule has 1 amide bonds. The molecule has 1 aliphatic rings. The van der Waals surface area contributed by atoms with Gasteiger partial charge in [-0.25, -0.2) is 13.8 Å². The van der Waals surface area contributed by atoms with E-state index in [2.05, 4.69) is 21.1 Å². The van der Waals surface area contributed by atoms with Gasteiger partial charge in [0.15, 0.2) is 5.82 Å². The summed E-state index contributed by atoms with van der Waals surface area (Å²) in [4.78, 5) is 24.6. The van der Waals surface area contributed by atoms with Crippen molar-refractivity contribution in [3.8, 4) is 5.75 Å². The van der Waals surface area contributed by atoms with Crippen molar-refractivity contribution in [2.24, 2.45) is 0 Å². The number of nitrogens with zero attached hydrogens (tertiary/aromatic N) is 2. The topological polar surface area (TPSA) is 74.0 Å². The molecule has 160 valence electrons. The standard InChI is InChI=1S/C23H22F2N4O2/c1-31-15-3-5-18-16(11-15)17(12-26-18)13-6-8-29(9-7-13)23(30)14-2-4-19-20(10-14)28-22(27-19)21(24)25/h2-5,10-13,21,26H,6-9H2,1H3,(H,27,28). The lowest BCUT2D eigenvalue weighted by atomic mass is 9.89. The van der Waals surface area contributed by atoms with Crippen LogP contribution in [0, 0.1) is 0 Å². The Hall–Kier alpha value is -3.42. The van der Waals surface area contributed by atoms with E-state index in [9.17, 15) is 13.6 Å². The highest BCUT2D eigenvalue weighted by atomic mass is 19.3. The van der Waals surface area contributed by atoms with Crippen molar-refractivity contribution in [2.75, 3.05) is 20.2 Å². The summed E-state index contributed by atoms with van der Waals surface area (Å²) in [6.07, 6.45) is 1.10. The summed E-state index contributed by atoms with van der Waals surface area (Å²) in [5, 5.41) is 1.16. The number of rotatable bonds is 4. The average Bonchev–Trinajstić information content (AvgIpc) is 3.42. The third-order valence-electron chi connectivity index (χ3n) is 6.10. The molecule has 0 radical (unpaired) electrons. The second kappa shape index (κ2) is 7.68. The maximum atomic E-state index is 13.0. The first-order valence-corrected chi connectivity index (χ1v) is 10.3. The number of amides is 1. The number of hydrogen-bond donors (Lipinski definition) is 2. The van der Waals surface area contributed by atoms with Crippen LogP contribution in [0.1, 0.15) is 46.9 Å². The molecule has 2 aromatic heterocycles. The van der Waals surface area contributed by atoms with Crippen molar-refractivity contribution >= 4 is 27.8 Å². The number of likely N-dealkylation sites (tertiary alicyclic amines) is 1. The van der Waals surface area contributed by atoms with Gasteiger partial charge in [-0.2, -0.15) is 0 Å². The Balaban J connectivity index is 1.31. The van der Waals surface area contributed by atoms with Crippen LogP contribution in [0.25, 0.3) is 21.9 Å². The first kappa shape index (κ1) is 19.5. The van der Waals surface area contributed by atoms with E-state index in [1.165, 1.54) is 5.56 Å². The van der Waals surface area contributed by atoms with Crippen LogP contribution in [-0.2, 0) is 0 Å². The second-order valence-corrected chi connectivity index (χ2v) is 7.88. The quantitative estimate of drug-likeness (QED) is 0.484. The molecule has 4 aromatic rings. The fraction of sp³-hybridized carbons (Fsp3) is 0.304. The van der Waals surface area contributed by atoms with Crippen molar-refractivity contribution in [1.82, 2.24) is 19.9 Å². The Morgan fingerprint density at radius 1 is 1.16 bits per heavy atom. The lowest BCUT2D eigenvalue weighted by Gasteiger charge is -2.32. The zero-order chi connectivity index (χ0) is 21.5. The zero-order valence-electron chi connectivity index (χ0n) is 17.0. The average molecular weight is 424 g/mol. The Labute approximate surface area is 177 Å². The molecule has 0 bridgehead atoms. The van der Waals surface area contributed by atoms with Crippen LogP contribution in [0.2, 0.25) is 0 Å². The summed E-state index contributed by atoms with van der Waals surface area (Å²) >= 11 is 0. The number of piperidine rings is 1. The van der Waals surface area contributed by atoms with Gasteiger partial charge < -0.3 is 19.6 Å². The number of carbonyl (C=O) groups is 1. The smallest absolute Gasteiger partial charge is 0.295 e. The summed E-state index contributed by atoms with van der Waals surface area (Å²) in [6, 6.07) is 10.9. The van der Waals surface area contributed by atoms with E-state index < -0.39 is 6.43 Å². The summed E-state index contributed by atoms with van der Waals surface area (Å²) in [7, 11) is 1.66. The van der Waals surface area contributed by atoms with Gasteiger partial charge in [0.2, 0.25) is 0 Å². The summed E-state index contributed by atoms with van der Waals surface area (Å²) in [5.41, 5.74) is 3.68. The molecule has 1 saturated heterocycles. The summed E-state index contributed by atoms with van der Waals surface area (Å²) in [5.74, 6) is 0.712. The highest BCUT2D eigenvalue weighted by Gasteiger charge is 2.26. The minimum absolute atomic E-state index is 0.0888. The molecule has 6 nitrogen and oxygen atoms in total. The normalized spacial score (nSPS) is 15.3. The lowest BCUT2D eigenvalue weighted by Crippen LogP contribution is -2.37. The predicted octanol–water partition coefficient (Wildman–Crippen LogP) is 5.01. The maximum absolute atomic E-state index is 13.0. The van der Waals surface area contributed by atoms with E-state index in [-0.39, 0.29) is 11.7 Å². The number of ether oxygens (including phenoxy) is 1. The molecule has 0 aliphatic carbocycles. The van der Waals surface area contributed by atoms with Gasteiger partial charge >= 0.3 is 0 Å². The molecule has 1 aliphatic heterocycles. The predicted molar refractivity (Wildman–Crippen MR) is 114 cm³/mol. The van der Waals surface area contributed by atoms with Gasteiger partial charge in [0.05, 0.1) is 18.1 Å². The number of hydrogen-bond acceptors (Lipinski definition) is 3. The number of H-pyrrole nitrogens is 2. The third-order valence-corrected chi connectivity index (χ3v) is 6.10. The highest BCUT2D eigenvalue weighted by Crippen LogP contribution is 2.35. The number of nitrogens with one attached hydrogen (secondary N) is 2. The van der Waals surface area contributed by atoms with Crippen molar-refractivity contribution in [1.29, 1.82) is 0 Å². The fourth-order valence-electron chi connectivity index (χ4n) is 4.43. The lowest BCUT2D eigenvalue weighted by molar-refractivity contribution is 0.0713. The van der Waals surface area contributed by atoms with E-state index >= 15 is 0 Å². The Morgan fingerprint density at radius 2 is 1.97 bits per heavy atom. The molecular weight excluding hydrogens is 402 g/mol. The molecule has 2 N–H and O–H groups in total. The van der Waals surface area contributed by atoms with Crippen LogP contribution >= 0.6 is 0 Å². The molecule has 3 heterocycles. The maximum Gasteiger partial charge on any atom is 0.295 e. The number of alkyl halides is 2. The number of halogens is 2. The van der Waals surface area contributed by atoms with Crippen LogP contribution in [0.3, 0.4) is 0 Å². The van der Waals surface area contributed by atoms with Gasteiger partial charge in [-0.3, -0.25) is 4.79 Å². The zero-order valence-corrected chi connectivity index (χ0v) is 17.0. The van der Waals surface area contributed by atoms with Gasteiger partial charge in [-0.05, 0) is 60.7 Å². The van der Waals surface area contributed by atoms with Crippen molar-refractivity contribution in [3.05, 3.63) is 59.5 Å². The second-order valence-electron chi connectivity index (χ2n) is 7.88. The van der Waals surface area contributed by atoms with Gasteiger partial charge in [0, 0.05) is 35.8 Å². The molecule has 8 heteroatoms. The van der Waals surface area contributed by atoms with Crippen LogP contribution in [0.5, 0.6) is 5.75 Å². The Kier molecular flexibility index (Phi) is 4.84. The molecule has 0 atom stereocenters. The Morgan fingerprint density at radius 3 is 2.71 bits per heavy atom. The van der Waals surface area contributed by atoms with Crippen molar-refractivity contribution < 1.29 is 18.3 Å². The first-order valence-electron chi connectivity index (χ1n) is 10.3. The van der Waals surface area contributed by atoms with E-state index in [0.717, 1.165) is 29.5 Å². The molecule has 5 rings (SSSR count). The van der Waals surface area contributed by atoms with Crippen LogP contribution in [0.4, 0.5) is 8.78 Å². The van der Waals surface area contributed by atoms with E-state index in [1.54, 1.807) is 25.3 Å². The summed E-state index contributed by atoms with van der Waals surface area (Å²) in [6.45, 7) is 1.28. The number of imidazole rings is 1. The van der Waals surface area contributed by atoms with Gasteiger partial charge in [0.1, 0.15) is 5.75 Å². The largest absolute Gasteiger partial charge is 0.497 e. The molecule has 2 aromatic carbocycles. The van der Waals surface area contributed by atoms with Gasteiger partial charge in [0.25, 0.3) is 12.3 Å². The van der Waals surface area contributed by atoms with E-state index in [4.69, 9.17) is 4.74 Å². The Bertz CT molecular complexity index is 1260. The highest BCUT2D eigenvalue weighted by molar-refractivity contribution is 5.97. The van der Waals surface area contributed by atoms with Gasteiger partial charge in [-0.1, -0.05) is 0 Å². The number of carbonyl (C=O) groups excluding carboxylic acids is 1. The van der Waals surface area contributed by atoms with Crippen LogP contribution < -0.4 is 4.74 Å². The first-order chi connectivity index (χ1) is 15.0. The number of benzene rings is 2. The number of fused-ring (bicyclic) bond motifs is 2. The monoisotopic (exact) mass is 424 g/mol. The summed E-state index contributed by atoms with van der Waals surface area (Å²) < 4.78 is 31.1. The van der Waals surface area contributed by atoms with E-state index in [1.807, 2.05) is 23.1 Å². The minimum atomic E-state index is -2.67. The number of aromatic amines is 2. The molecule has 1 fully saturated rings. The number of aromatic nitrogens is 3. The molecule has 0 unspecified atom stereocenters. The fourth-order valence-corrected chi connectivity index (χ4v) is 4.43.